The van der Waals surface area contributed by atoms with Crippen LogP contribution in [0.1, 0.15) is 39.8 Å². The maximum Gasteiger partial charge on any atom is 0.410 e. The molecule has 0 saturated carbocycles. The highest BCUT2D eigenvalue weighted by atomic mass is 16.6. The van der Waals surface area contributed by atoms with Gasteiger partial charge in [0, 0.05) is 37.6 Å². The molecule has 1 saturated heterocycles. The topological polar surface area (TPSA) is 70.2 Å². The van der Waals surface area contributed by atoms with Gasteiger partial charge in [-0.1, -0.05) is 6.92 Å². The van der Waals surface area contributed by atoms with Gasteiger partial charge >= 0.3 is 6.09 Å². The standard InChI is InChI=1S/C15H26N4O2/c1-11-10-19(14(20)21-15(2,3)4)8-6-13(11)16-9-12-5-7-17-18-12/h5,7,11,13,16H,6,8-10H2,1-4H3,(H,17,18). The lowest BCUT2D eigenvalue weighted by Gasteiger charge is -2.38. The highest BCUT2D eigenvalue weighted by Crippen LogP contribution is 2.19. The van der Waals surface area contributed by atoms with E-state index >= 15 is 0 Å². The largest absolute Gasteiger partial charge is 0.444 e. The summed E-state index contributed by atoms with van der Waals surface area (Å²) in [7, 11) is 0. The van der Waals surface area contributed by atoms with Crippen molar-refractivity contribution < 1.29 is 9.53 Å². The molecule has 0 radical (unpaired) electrons. The number of likely N-dealkylation sites (tertiary alicyclic amines) is 1. The number of aromatic nitrogens is 2. The Morgan fingerprint density at radius 2 is 2.33 bits per heavy atom. The van der Waals surface area contributed by atoms with E-state index in [0.717, 1.165) is 31.7 Å². The summed E-state index contributed by atoms with van der Waals surface area (Å²) in [6.07, 6.45) is 2.49. The summed E-state index contributed by atoms with van der Waals surface area (Å²) in [6, 6.07) is 2.38. The molecular weight excluding hydrogens is 268 g/mol. The van der Waals surface area contributed by atoms with Gasteiger partial charge in [-0.25, -0.2) is 4.79 Å². The zero-order valence-corrected chi connectivity index (χ0v) is 13.3. The minimum Gasteiger partial charge on any atom is -0.444 e. The van der Waals surface area contributed by atoms with E-state index in [1.807, 2.05) is 31.7 Å². The van der Waals surface area contributed by atoms with Crippen LogP contribution in [0.3, 0.4) is 0 Å². The maximum absolute atomic E-state index is 12.1. The molecule has 2 N–H and O–H groups in total. The second-order valence-electron chi connectivity index (χ2n) is 6.76. The van der Waals surface area contributed by atoms with Crippen molar-refractivity contribution in [3.05, 3.63) is 18.0 Å². The zero-order chi connectivity index (χ0) is 15.5. The molecule has 6 nitrogen and oxygen atoms in total. The van der Waals surface area contributed by atoms with E-state index in [1.54, 1.807) is 6.20 Å². The average Bonchev–Trinajstić information content (AvgIpc) is 2.88. The molecule has 6 heteroatoms. The Morgan fingerprint density at radius 3 is 2.90 bits per heavy atom. The van der Waals surface area contributed by atoms with Gasteiger partial charge < -0.3 is 15.0 Å². The first kappa shape index (κ1) is 15.8. The summed E-state index contributed by atoms with van der Waals surface area (Å²) < 4.78 is 5.43. The van der Waals surface area contributed by atoms with Crippen LogP contribution in [0.4, 0.5) is 4.79 Å². The van der Waals surface area contributed by atoms with Crippen LogP contribution >= 0.6 is 0 Å². The van der Waals surface area contributed by atoms with Gasteiger partial charge in [0.15, 0.2) is 0 Å². The predicted octanol–water partition coefficient (Wildman–Crippen LogP) is 2.14. The first-order valence-electron chi connectivity index (χ1n) is 7.55. The highest BCUT2D eigenvalue weighted by Gasteiger charge is 2.30. The third-order valence-electron chi connectivity index (χ3n) is 3.67. The number of rotatable bonds is 3. The average molecular weight is 294 g/mol. The Bertz CT molecular complexity index is 453. The van der Waals surface area contributed by atoms with E-state index in [1.165, 1.54) is 0 Å². The Kier molecular flexibility index (Phi) is 4.88. The molecule has 2 rings (SSSR count). The van der Waals surface area contributed by atoms with Crippen LogP contribution in [0.5, 0.6) is 0 Å². The number of nitrogens with zero attached hydrogens (tertiary/aromatic N) is 2. The van der Waals surface area contributed by atoms with E-state index in [2.05, 4.69) is 22.4 Å². The second kappa shape index (κ2) is 6.47. The molecule has 1 fully saturated rings. The number of amides is 1. The van der Waals surface area contributed by atoms with E-state index in [-0.39, 0.29) is 6.09 Å². The lowest BCUT2D eigenvalue weighted by Crippen LogP contribution is -2.51. The molecule has 0 bridgehead atoms. The van der Waals surface area contributed by atoms with Crippen molar-refractivity contribution >= 4 is 6.09 Å². The monoisotopic (exact) mass is 294 g/mol. The lowest BCUT2D eigenvalue weighted by molar-refractivity contribution is 0.0143. The van der Waals surface area contributed by atoms with Crippen LogP contribution in [0.2, 0.25) is 0 Å². The van der Waals surface area contributed by atoms with Crippen molar-refractivity contribution in [2.75, 3.05) is 13.1 Å². The molecule has 1 aliphatic heterocycles. The number of carbonyl (C=O) groups excluding carboxylic acids is 1. The molecule has 2 atom stereocenters. The summed E-state index contributed by atoms with van der Waals surface area (Å²) in [5, 5.41) is 10.4. The van der Waals surface area contributed by atoms with Crippen molar-refractivity contribution in [1.82, 2.24) is 20.4 Å². The van der Waals surface area contributed by atoms with Crippen LogP contribution in [0.25, 0.3) is 0 Å². The first-order chi connectivity index (χ1) is 9.85. The molecule has 1 aliphatic rings. The molecule has 0 aromatic carbocycles. The quantitative estimate of drug-likeness (QED) is 0.896. The Hall–Kier alpha value is -1.56. The van der Waals surface area contributed by atoms with Crippen molar-refractivity contribution in [1.29, 1.82) is 0 Å². The van der Waals surface area contributed by atoms with E-state index in [9.17, 15) is 4.79 Å². The van der Waals surface area contributed by atoms with Crippen LogP contribution in [-0.4, -0.2) is 45.9 Å². The van der Waals surface area contributed by atoms with Crippen LogP contribution < -0.4 is 5.32 Å². The number of carbonyl (C=O) groups is 1. The van der Waals surface area contributed by atoms with Gasteiger partial charge in [0.2, 0.25) is 0 Å². The molecule has 118 valence electrons. The molecule has 1 amide bonds. The van der Waals surface area contributed by atoms with Gasteiger partial charge in [-0.2, -0.15) is 5.10 Å². The fraction of sp³-hybridized carbons (Fsp3) is 0.733. The van der Waals surface area contributed by atoms with Crippen LogP contribution in [-0.2, 0) is 11.3 Å². The van der Waals surface area contributed by atoms with Crippen molar-refractivity contribution in [3.63, 3.8) is 0 Å². The van der Waals surface area contributed by atoms with Crippen LogP contribution in [0.15, 0.2) is 12.3 Å². The lowest BCUT2D eigenvalue weighted by atomic mass is 9.94. The Morgan fingerprint density at radius 1 is 1.57 bits per heavy atom. The number of nitrogens with one attached hydrogen (secondary N) is 2. The number of hydrogen-bond acceptors (Lipinski definition) is 4. The predicted molar refractivity (Wildman–Crippen MR) is 80.8 cm³/mol. The first-order valence-corrected chi connectivity index (χ1v) is 7.55. The summed E-state index contributed by atoms with van der Waals surface area (Å²) in [5.41, 5.74) is 0.646. The van der Waals surface area contributed by atoms with Gasteiger partial charge in [0.1, 0.15) is 5.60 Å². The van der Waals surface area contributed by atoms with E-state index in [0.29, 0.717) is 12.0 Å². The van der Waals surface area contributed by atoms with Gasteiger partial charge in [0.25, 0.3) is 0 Å². The molecule has 0 aliphatic carbocycles. The van der Waals surface area contributed by atoms with Crippen molar-refractivity contribution in [2.45, 2.75) is 52.3 Å². The molecular formula is C15H26N4O2. The molecule has 2 heterocycles. The zero-order valence-electron chi connectivity index (χ0n) is 13.3. The van der Waals surface area contributed by atoms with Gasteiger partial charge in [-0.05, 0) is 39.2 Å². The summed E-state index contributed by atoms with van der Waals surface area (Å²) >= 11 is 0. The smallest absolute Gasteiger partial charge is 0.410 e. The van der Waals surface area contributed by atoms with E-state index in [4.69, 9.17) is 4.74 Å². The summed E-state index contributed by atoms with van der Waals surface area (Å²) in [5.74, 6) is 0.397. The molecule has 1 aromatic rings. The molecule has 2 unspecified atom stereocenters. The number of aromatic amines is 1. The number of piperidine rings is 1. The Balaban J connectivity index is 1.80. The maximum atomic E-state index is 12.1. The molecule has 0 spiro atoms. The SMILES string of the molecule is CC1CN(C(=O)OC(C)(C)C)CCC1NCc1ccn[nH]1. The normalized spacial score (nSPS) is 23.1. The third-order valence-corrected chi connectivity index (χ3v) is 3.67. The highest BCUT2D eigenvalue weighted by molar-refractivity contribution is 5.68. The molecule has 21 heavy (non-hydrogen) atoms. The third kappa shape index (κ3) is 4.74. The van der Waals surface area contributed by atoms with Crippen molar-refractivity contribution in [2.24, 2.45) is 5.92 Å². The van der Waals surface area contributed by atoms with E-state index < -0.39 is 5.60 Å². The minimum absolute atomic E-state index is 0.207. The molecule has 1 aromatic heterocycles. The summed E-state index contributed by atoms with van der Waals surface area (Å²) in [4.78, 5) is 13.9. The van der Waals surface area contributed by atoms with Crippen molar-refractivity contribution in [3.8, 4) is 0 Å². The fourth-order valence-corrected chi connectivity index (χ4v) is 2.57. The van der Waals surface area contributed by atoms with Gasteiger partial charge in [-0.3, -0.25) is 5.10 Å². The van der Waals surface area contributed by atoms with Crippen LogP contribution in [0, 0.1) is 5.92 Å². The van der Waals surface area contributed by atoms with Gasteiger partial charge in [-0.15, -0.1) is 0 Å². The number of H-pyrrole nitrogens is 1. The fourth-order valence-electron chi connectivity index (χ4n) is 2.57. The van der Waals surface area contributed by atoms with Gasteiger partial charge in [0.05, 0.1) is 0 Å². The number of hydrogen-bond donors (Lipinski definition) is 2. The Labute approximate surface area is 126 Å². The second-order valence-corrected chi connectivity index (χ2v) is 6.76. The summed E-state index contributed by atoms with van der Waals surface area (Å²) in [6.45, 7) is 10.1. The number of ether oxygens (including phenoxy) is 1. The minimum atomic E-state index is -0.434.